The Balaban J connectivity index is 2.48. The number of nitrogens with zero attached hydrogens (tertiary/aromatic N) is 2. The van der Waals surface area contributed by atoms with Crippen molar-refractivity contribution in [2.24, 2.45) is 12.5 Å². The van der Waals surface area contributed by atoms with Gasteiger partial charge >= 0.3 is 5.97 Å². The van der Waals surface area contributed by atoms with Gasteiger partial charge in [-0.25, -0.2) is 4.79 Å². The van der Waals surface area contributed by atoms with Crippen LogP contribution in [-0.2, 0) is 13.6 Å². The second-order valence-electron chi connectivity index (χ2n) is 6.16. The smallest absolute Gasteiger partial charge is 0.339 e. The maximum absolute atomic E-state index is 11.1. The minimum atomic E-state index is -0.919. The molecule has 0 aliphatic rings. The maximum atomic E-state index is 11.1. The molecule has 2 N–H and O–H groups in total. The molecule has 0 saturated carbocycles. The predicted octanol–water partition coefficient (Wildman–Crippen LogP) is 2.81. The van der Waals surface area contributed by atoms with Crippen molar-refractivity contribution < 1.29 is 9.90 Å². The van der Waals surface area contributed by atoms with Crippen LogP contribution >= 0.6 is 0 Å². The number of rotatable bonds is 9. The molecule has 0 radical (unpaired) electrons. The minimum Gasteiger partial charge on any atom is -0.478 e. The van der Waals surface area contributed by atoms with Gasteiger partial charge in [0, 0.05) is 20.1 Å². The van der Waals surface area contributed by atoms with Crippen molar-refractivity contribution in [3.05, 3.63) is 17.5 Å². The molecule has 5 heteroatoms. The van der Waals surface area contributed by atoms with Crippen molar-refractivity contribution in [2.45, 2.75) is 53.0 Å². The summed E-state index contributed by atoms with van der Waals surface area (Å²) < 4.78 is 1.63. The third-order valence-corrected chi connectivity index (χ3v) is 3.65. The van der Waals surface area contributed by atoms with Gasteiger partial charge in [-0.2, -0.15) is 5.10 Å². The summed E-state index contributed by atoms with van der Waals surface area (Å²) in [4.78, 5) is 11.1. The summed E-state index contributed by atoms with van der Waals surface area (Å²) in [7, 11) is 1.77. The average molecular weight is 281 g/mol. The van der Waals surface area contributed by atoms with E-state index >= 15 is 0 Å². The molecule has 0 atom stereocenters. The molecule has 0 aliphatic heterocycles. The van der Waals surface area contributed by atoms with Crippen molar-refractivity contribution in [1.82, 2.24) is 15.1 Å². The van der Waals surface area contributed by atoms with Crippen molar-refractivity contribution in [1.29, 1.82) is 0 Å². The molecule has 0 unspecified atom stereocenters. The van der Waals surface area contributed by atoms with E-state index in [1.165, 1.54) is 31.9 Å². The lowest BCUT2D eigenvalue weighted by Gasteiger charge is -2.25. The summed E-state index contributed by atoms with van der Waals surface area (Å²) in [6.45, 7) is 8.12. The van der Waals surface area contributed by atoms with E-state index < -0.39 is 5.97 Å². The van der Waals surface area contributed by atoms with E-state index in [0.717, 1.165) is 12.2 Å². The second-order valence-corrected chi connectivity index (χ2v) is 6.16. The summed E-state index contributed by atoms with van der Waals surface area (Å²) in [5, 5.41) is 16.5. The highest BCUT2D eigenvalue weighted by atomic mass is 16.4. The zero-order valence-corrected chi connectivity index (χ0v) is 13.1. The standard InChI is InChI=1S/C15H27N3O2/c1-5-6-7-8-15(2,3)11-16-10-13-12(14(19)20)9-17-18(13)4/h9,16H,5-8,10-11H2,1-4H3,(H,19,20). The Morgan fingerprint density at radius 2 is 2.15 bits per heavy atom. The monoisotopic (exact) mass is 281 g/mol. The molecule has 1 rings (SSSR count). The number of nitrogens with one attached hydrogen (secondary N) is 1. The number of hydrogen-bond donors (Lipinski definition) is 2. The molecular weight excluding hydrogens is 254 g/mol. The van der Waals surface area contributed by atoms with Crippen molar-refractivity contribution in [3.8, 4) is 0 Å². The fourth-order valence-corrected chi connectivity index (χ4v) is 2.31. The van der Waals surface area contributed by atoms with Crippen molar-refractivity contribution >= 4 is 5.97 Å². The molecule has 0 amide bonds. The molecule has 1 heterocycles. The second kappa shape index (κ2) is 7.43. The highest BCUT2D eigenvalue weighted by Gasteiger charge is 2.19. The molecule has 1 aromatic rings. The quantitative estimate of drug-likeness (QED) is 0.683. The lowest BCUT2D eigenvalue weighted by atomic mass is 9.87. The van der Waals surface area contributed by atoms with E-state index in [9.17, 15) is 4.79 Å². The minimum absolute atomic E-state index is 0.233. The first-order valence-corrected chi connectivity index (χ1v) is 7.32. The first-order valence-electron chi connectivity index (χ1n) is 7.32. The molecule has 0 fully saturated rings. The van der Waals surface area contributed by atoms with Crippen LogP contribution in [0.4, 0.5) is 0 Å². The predicted molar refractivity (Wildman–Crippen MR) is 79.8 cm³/mol. The summed E-state index contributed by atoms with van der Waals surface area (Å²) >= 11 is 0. The van der Waals surface area contributed by atoms with Gasteiger partial charge in [0.05, 0.1) is 11.9 Å². The summed E-state index contributed by atoms with van der Waals surface area (Å²) in [5.74, 6) is -0.919. The van der Waals surface area contributed by atoms with Gasteiger partial charge in [-0.15, -0.1) is 0 Å². The molecule has 114 valence electrons. The third kappa shape index (κ3) is 4.96. The van der Waals surface area contributed by atoms with Crippen molar-refractivity contribution in [2.75, 3.05) is 6.54 Å². The number of unbranched alkanes of at least 4 members (excludes halogenated alkanes) is 2. The highest BCUT2D eigenvalue weighted by Crippen LogP contribution is 2.22. The normalized spacial score (nSPS) is 11.8. The summed E-state index contributed by atoms with van der Waals surface area (Å²) in [5.41, 5.74) is 1.24. The highest BCUT2D eigenvalue weighted by molar-refractivity contribution is 5.88. The van der Waals surface area contributed by atoms with Crippen molar-refractivity contribution in [3.63, 3.8) is 0 Å². The fraction of sp³-hybridized carbons (Fsp3) is 0.733. The Morgan fingerprint density at radius 3 is 2.75 bits per heavy atom. The maximum Gasteiger partial charge on any atom is 0.339 e. The zero-order chi connectivity index (χ0) is 15.2. The van der Waals surface area contributed by atoms with Crippen LogP contribution in [0.2, 0.25) is 0 Å². The first kappa shape index (κ1) is 16.7. The first-order chi connectivity index (χ1) is 9.37. The molecule has 0 aliphatic carbocycles. The van der Waals surface area contributed by atoms with Crippen LogP contribution in [0.3, 0.4) is 0 Å². The van der Waals surface area contributed by atoms with E-state index in [0.29, 0.717) is 6.54 Å². The summed E-state index contributed by atoms with van der Waals surface area (Å²) in [6, 6.07) is 0. The van der Waals surface area contributed by atoms with Crippen LogP contribution in [-0.4, -0.2) is 27.4 Å². The summed E-state index contributed by atoms with van der Waals surface area (Å²) in [6.07, 6.45) is 6.35. The molecule has 1 aromatic heterocycles. The van der Waals surface area contributed by atoms with Crippen LogP contribution in [0, 0.1) is 5.41 Å². The van der Waals surface area contributed by atoms with E-state index in [2.05, 4.69) is 31.2 Å². The Hall–Kier alpha value is -1.36. The SMILES string of the molecule is CCCCCC(C)(C)CNCc1c(C(=O)O)cnn1C. The molecule has 0 spiro atoms. The van der Waals surface area contributed by atoms with Gasteiger partial charge < -0.3 is 10.4 Å². The topological polar surface area (TPSA) is 67.2 Å². The molecule has 20 heavy (non-hydrogen) atoms. The van der Waals surface area contributed by atoms with E-state index in [4.69, 9.17) is 5.11 Å². The third-order valence-electron chi connectivity index (χ3n) is 3.65. The fourth-order valence-electron chi connectivity index (χ4n) is 2.31. The van der Waals surface area contributed by atoms with Gasteiger partial charge in [0.15, 0.2) is 0 Å². The van der Waals surface area contributed by atoms with E-state index in [1.807, 2.05) is 0 Å². The Bertz CT molecular complexity index is 438. The van der Waals surface area contributed by atoms with Gasteiger partial charge in [0.2, 0.25) is 0 Å². The lowest BCUT2D eigenvalue weighted by molar-refractivity contribution is 0.0695. The van der Waals surface area contributed by atoms with Crippen LogP contribution in [0.25, 0.3) is 0 Å². The van der Waals surface area contributed by atoms with Gasteiger partial charge in [0.25, 0.3) is 0 Å². The molecule has 0 aromatic carbocycles. The van der Waals surface area contributed by atoms with Crippen LogP contribution < -0.4 is 5.32 Å². The number of aryl methyl sites for hydroxylation is 1. The van der Waals surface area contributed by atoms with E-state index in [1.54, 1.807) is 11.7 Å². The van der Waals surface area contributed by atoms with Crippen LogP contribution in [0.1, 0.15) is 62.5 Å². The number of carboxylic acids is 1. The largest absolute Gasteiger partial charge is 0.478 e. The lowest BCUT2D eigenvalue weighted by Crippen LogP contribution is -2.30. The van der Waals surface area contributed by atoms with Gasteiger partial charge in [-0.3, -0.25) is 4.68 Å². The number of carboxylic acid groups (broad SMARTS) is 1. The Kier molecular flexibility index (Phi) is 6.20. The number of aromatic nitrogens is 2. The van der Waals surface area contributed by atoms with Gasteiger partial charge in [0.1, 0.15) is 5.56 Å². The number of aromatic carboxylic acids is 1. The molecule has 0 saturated heterocycles. The Morgan fingerprint density at radius 1 is 1.45 bits per heavy atom. The van der Waals surface area contributed by atoms with Gasteiger partial charge in [-0.1, -0.05) is 40.0 Å². The van der Waals surface area contributed by atoms with Crippen LogP contribution in [0.15, 0.2) is 6.20 Å². The van der Waals surface area contributed by atoms with Gasteiger partial charge in [-0.05, 0) is 11.8 Å². The Labute approximate surface area is 121 Å². The zero-order valence-electron chi connectivity index (χ0n) is 13.1. The average Bonchev–Trinajstić information content (AvgIpc) is 2.71. The molecule has 5 nitrogen and oxygen atoms in total. The number of hydrogen-bond acceptors (Lipinski definition) is 3. The van der Waals surface area contributed by atoms with E-state index in [-0.39, 0.29) is 11.0 Å². The number of carbonyl (C=O) groups is 1. The molecular formula is C15H27N3O2. The van der Waals surface area contributed by atoms with Crippen LogP contribution in [0.5, 0.6) is 0 Å². The molecule has 0 bridgehead atoms.